The van der Waals surface area contributed by atoms with Gasteiger partial charge in [-0.25, -0.2) is 0 Å². The highest BCUT2D eigenvalue weighted by Crippen LogP contribution is 2.11. The zero-order valence-corrected chi connectivity index (χ0v) is 14.7. The van der Waals surface area contributed by atoms with Crippen LogP contribution in [0.2, 0.25) is 0 Å². The zero-order valence-electron chi connectivity index (χ0n) is 14.7. The molecule has 7 heteroatoms. The van der Waals surface area contributed by atoms with E-state index in [9.17, 15) is 9.59 Å². The molecule has 0 heterocycles. The molecule has 0 saturated carbocycles. The lowest BCUT2D eigenvalue weighted by molar-refractivity contribution is -0.131. The summed E-state index contributed by atoms with van der Waals surface area (Å²) in [6.07, 6.45) is 0.873. The molecule has 0 fully saturated rings. The molecule has 0 saturated heterocycles. The number of anilines is 1. The van der Waals surface area contributed by atoms with Crippen molar-refractivity contribution >= 4 is 17.4 Å². The lowest BCUT2D eigenvalue weighted by atomic mass is 10.1. The SMILES string of the molecule is CCOC(CN/C=C(/C#N)C(=O)Nc1ccc(C(C)=O)cc1)OCC. The molecule has 7 nitrogen and oxygen atoms in total. The Labute approximate surface area is 147 Å². The number of benzene rings is 1. The number of hydrogen-bond acceptors (Lipinski definition) is 6. The van der Waals surface area contributed by atoms with Crippen LogP contribution in [0, 0.1) is 11.3 Å². The van der Waals surface area contributed by atoms with Gasteiger partial charge in [0.2, 0.25) is 0 Å². The molecule has 0 unspecified atom stereocenters. The molecule has 0 bridgehead atoms. The molecule has 0 aliphatic rings. The van der Waals surface area contributed by atoms with Gasteiger partial charge in [0.1, 0.15) is 11.6 Å². The molecule has 0 spiro atoms. The van der Waals surface area contributed by atoms with E-state index < -0.39 is 12.2 Å². The van der Waals surface area contributed by atoms with Crippen LogP contribution in [-0.2, 0) is 14.3 Å². The average Bonchev–Trinajstić information content (AvgIpc) is 2.59. The summed E-state index contributed by atoms with van der Waals surface area (Å²) in [7, 11) is 0. The fourth-order valence-corrected chi connectivity index (χ4v) is 1.93. The van der Waals surface area contributed by atoms with Crippen molar-refractivity contribution in [3.05, 3.63) is 41.6 Å². The van der Waals surface area contributed by atoms with Gasteiger partial charge in [0.15, 0.2) is 12.1 Å². The molecule has 1 rings (SSSR count). The van der Waals surface area contributed by atoms with Gasteiger partial charge < -0.3 is 20.1 Å². The van der Waals surface area contributed by atoms with E-state index in [0.717, 1.165) is 0 Å². The second kappa shape index (κ2) is 11.0. The highest BCUT2D eigenvalue weighted by atomic mass is 16.7. The van der Waals surface area contributed by atoms with Gasteiger partial charge in [0.25, 0.3) is 5.91 Å². The first-order chi connectivity index (χ1) is 12.0. The molecular weight excluding hydrogens is 322 g/mol. The normalized spacial score (nSPS) is 11.1. The van der Waals surface area contributed by atoms with E-state index in [1.54, 1.807) is 24.3 Å². The van der Waals surface area contributed by atoms with Crippen LogP contribution in [0.4, 0.5) is 5.69 Å². The molecule has 1 aromatic rings. The van der Waals surface area contributed by atoms with Crippen molar-refractivity contribution in [2.45, 2.75) is 27.1 Å². The standard InChI is InChI=1S/C18H23N3O4/c1-4-24-17(25-5-2)12-20-11-15(10-19)18(23)21-16-8-6-14(7-9-16)13(3)22/h6-9,11,17,20H,4-5,12H2,1-3H3,(H,21,23)/b15-11-. The van der Waals surface area contributed by atoms with Crippen LogP contribution < -0.4 is 10.6 Å². The third kappa shape index (κ3) is 7.16. The Morgan fingerprint density at radius 2 is 1.80 bits per heavy atom. The molecule has 0 aliphatic carbocycles. The fraction of sp³-hybridized carbons (Fsp3) is 0.389. The van der Waals surface area contributed by atoms with Crippen molar-refractivity contribution in [1.82, 2.24) is 5.32 Å². The third-order valence-corrected chi connectivity index (χ3v) is 3.15. The van der Waals surface area contributed by atoms with Crippen LogP contribution in [0.5, 0.6) is 0 Å². The Bertz CT molecular complexity index is 641. The minimum Gasteiger partial charge on any atom is -0.385 e. The summed E-state index contributed by atoms with van der Waals surface area (Å²) in [6, 6.07) is 8.28. The Kier molecular flexibility index (Phi) is 8.93. The molecule has 0 atom stereocenters. The largest absolute Gasteiger partial charge is 0.385 e. The second-order valence-electron chi connectivity index (χ2n) is 5.01. The van der Waals surface area contributed by atoms with Crippen molar-refractivity contribution in [2.75, 3.05) is 25.1 Å². The number of nitrogens with one attached hydrogen (secondary N) is 2. The summed E-state index contributed by atoms with van der Waals surface area (Å²) in [5.74, 6) is -0.604. The number of Topliss-reactive ketones (excluding diaryl/α,β-unsaturated/α-hetero) is 1. The number of ether oxygens (including phenoxy) is 2. The molecule has 0 radical (unpaired) electrons. The van der Waals surface area contributed by atoms with Crippen LogP contribution in [0.3, 0.4) is 0 Å². The van der Waals surface area contributed by atoms with Crippen LogP contribution in [-0.4, -0.2) is 37.7 Å². The molecule has 1 amide bonds. The quantitative estimate of drug-likeness (QED) is 0.292. The molecule has 1 aromatic carbocycles. The summed E-state index contributed by atoms with van der Waals surface area (Å²) >= 11 is 0. The van der Waals surface area contributed by atoms with Crippen molar-refractivity contribution < 1.29 is 19.1 Å². The minimum atomic E-state index is -0.546. The average molecular weight is 345 g/mol. The van der Waals surface area contributed by atoms with Crippen LogP contribution in [0.1, 0.15) is 31.1 Å². The molecule has 134 valence electrons. The molecule has 0 aromatic heterocycles. The zero-order chi connectivity index (χ0) is 18.7. The summed E-state index contributed by atoms with van der Waals surface area (Å²) in [5, 5.41) is 14.6. The van der Waals surface area contributed by atoms with Gasteiger partial charge in [-0.15, -0.1) is 0 Å². The van der Waals surface area contributed by atoms with E-state index in [4.69, 9.17) is 14.7 Å². The smallest absolute Gasteiger partial charge is 0.267 e. The van der Waals surface area contributed by atoms with Crippen LogP contribution >= 0.6 is 0 Å². The van der Waals surface area contributed by atoms with E-state index >= 15 is 0 Å². The molecular formula is C18H23N3O4. The summed E-state index contributed by atoms with van der Waals surface area (Å²) in [5.41, 5.74) is 0.966. The van der Waals surface area contributed by atoms with Gasteiger partial charge in [0, 0.05) is 30.7 Å². The second-order valence-corrected chi connectivity index (χ2v) is 5.01. The highest BCUT2D eigenvalue weighted by molar-refractivity contribution is 6.06. The first kappa shape index (κ1) is 20.4. The number of carbonyl (C=O) groups is 2. The van der Waals surface area contributed by atoms with E-state index in [1.165, 1.54) is 13.1 Å². The van der Waals surface area contributed by atoms with Crippen molar-refractivity contribution in [3.8, 4) is 6.07 Å². The van der Waals surface area contributed by atoms with E-state index in [-0.39, 0.29) is 11.4 Å². The van der Waals surface area contributed by atoms with Crippen molar-refractivity contribution in [2.24, 2.45) is 0 Å². The van der Waals surface area contributed by atoms with Gasteiger partial charge >= 0.3 is 0 Å². The van der Waals surface area contributed by atoms with Gasteiger partial charge in [-0.2, -0.15) is 5.26 Å². The van der Waals surface area contributed by atoms with Crippen LogP contribution in [0.15, 0.2) is 36.0 Å². The number of nitrogens with zero attached hydrogens (tertiary/aromatic N) is 1. The summed E-state index contributed by atoms with van der Waals surface area (Å²) in [6.45, 7) is 6.48. The molecule has 25 heavy (non-hydrogen) atoms. The number of hydrogen-bond donors (Lipinski definition) is 2. The van der Waals surface area contributed by atoms with E-state index in [0.29, 0.717) is 31.0 Å². The monoisotopic (exact) mass is 345 g/mol. The van der Waals surface area contributed by atoms with Crippen molar-refractivity contribution in [1.29, 1.82) is 5.26 Å². The van der Waals surface area contributed by atoms with Gasteiger partial charge in [-0.05, 0) is 45.0 Å². The number of carbonyl (C=O) groups excluding carboxylic acids is 2. The maximum Gasteiger partial charge on any atom is 0.267 e. The fourth-order valence-electron chi connectivity index (χ4n) is 1.93. The van der Waals surface area contributed by atoms with Gasteiger partial charge in [-0.3, -0.25) is 9.59 Å². The lowest BCUT2D eigenvalue weighted by Crippen LogP contribution is -2.29. The maximum absolute atomic E-state index is 12.1. The Hall–Kier alpha value is -2.69. The first-order valence-electron chi connectivity index (χ1n) is 8.01. The van der Waals surface area contributed by atoms with E-state index in [2.05, 4.69) is 10.6 Å². The Balaban J connectivity index is 2.64. The Morgan fingerprint density at radius 3 is 2.28 bits per heavy atom. The van der Waals surface area contributed by atoms with Crippen molar-refractivity contribution in [3.63, 3.8) is 0 Å². The number of amides is 1. The molecule has 2 N–H and O–H groups in total. The van der Waals surface area contributed by atoms with E-state index in [1.807, 2.05) is 19.9 Å². The Morgan fingerprint density at radius 1 is 1.20 bits per heavy atom. The maximum atomic E-state index is 12.1. The van der Waals surface area contributed by atoms with Gasteiger partial charge in [0.05, 0.1) is 6.54 Å². The van der Waals surface area contributed by atoms with Gasteiger partial charge in [-0.1, -0.05) is 0 Å². The minimum absolute atomic E-state index is 0.0576. The predicted molar refractivity (Wildman–Crippen MR) is 93.8 cm³/mol. The summed E-state index contributed by atoms with van der Waals surface area (Å²) in [4.78, 5) is 23.3. The lowest BCUT2D eigenvalue weighted by Gasteiger charge is -2.16. The number of rotatable bonds is 10. The third-order valence-electron chi connectivity index (χ3n) is 3.15. The number of nitriles is 1. The van der Waals surface area contributed by atoms with Crippen LogP contribution in [0.25, 0.3) is 0 Å². The first-order valence-corrected chi connectivity index (χ1v) is 8.01. The topological polar surface area (TPSA) is 100 Å². The molecule has 0 aliphatic heterocycles. The highest BCUT2D eigenvalue weighted by Gasteiger charge is 2.11. The summed E-state index contributed by atoms with van der Waals surface area (Å²) < 4.78 is 10.7. The predicted octanol–water partition coefficient (Wildman–Crippen LogP) is 2.22. The number of ketones is 1.